The van der Waals surface area contributed by atoms with Crippen LogP contribution in [0.3, 0.4) is 0 Å². The highest BCUT2D eigenvalue weighted by molar-refractivity contribution is 5.84. The molecule has 1 aliphatic rings. The van der Waals surface area contributed by atoms with Gasteiger partial charge in [0.05, 0.1) is 6.33 Å². The van der Waals surface area contributed by atoms with Crippen LogP contribution in [0.1, 0.15) is 29.4 Å². The summed E-state index contributed by atoms with van der Waals surface area (Å²) in [5.41, 5.74) is 0.133. The molecule has 0 aliphatic carbocycles. The maximum atomic E-state index is 10.7. The Labute approximate surface area is 88.3 Å². The predicted octanol–water partition coefficient (Wildman–Crippen LogP) is 0.848. The van der Waals surface area contributed by atoms with Crippen molar-refractivity contribution < 1.29 is 9.90 Å². The fourth-order valence-corrected chi connectivity index (χ4v) is 1.94. The molecule has 0 aromatic carbocycles. The molecular weight excluding hydrogens is 194 g/mol. The van der Waals surface area contributed by atoms with Gasteiger partial charge in [-0.15, -0.1) is 0 Å². The van der Waals surface area contributed by atoms with Gasteiger partial charge in [0, 0.05) is 12.2 Å². The summed E-state index contributed by atoms with van der Waals surface area (Å²) in [5, 5.41) is 8.75. The van der Waals surface area contributed by atoms with E-state index in [9.17, 15) is 4.79 Å². The first-order valence-corrected chi connectivity index (χ1v) is 5.12. The number of nitrogens with zero attached hydrogens (tertiary/aromatic N) is 3. The lowest BCUT2D eigenvalue weighted by Crippen LogP contribution is -2.31. The van der Waals surface area contributed by atoms with Gasteiger partial charge in [-0.05, 0) is 33.0 Å². The summed E-state index contributed by atoms with van der Waals surface area (Å²) < 4.78 is 1.93. The lowest BCUT2D eigenvalue weighted by Gasteiger charge is -2.29. The van der Waals surface area contributed by atoms with Crippen LogP contribution < -0.4 is 0 Å². The highest BCUT2D eigenvalue weighted by atomic mass is 16.4. The molecule has 0 amide bonds. The molecule has 5 heteroatoms. The lowest BCUT2D eigenvalue weighted by atomic mass is 10.1. The number of hydrogen-bond acceptors (Lipinski definition) is 3. The minimum atomic E-state index is -0.957. The molecule has 0 unspecified atom stereocenters. The van der Waals surface area contributed by atoms with Crippen LogP contribution in [0, 0.1) is 0 Å². The Morgan fingerprint density at radius 2 is 2.20 bits per heavy atom. The third-order valence-corrected chi connectivity index (χ3v) is 2.93. The first-order valence-electron chi connectivity index (χ1n) is 5.12. The smallest absolute Gasteiger partial charge is 0.356 e. The fourth-order valence-electron chi connectivity index (χ4n) is 1.94. The molecule has 2 heterocycles. The Bertz CT molecular complexity index is 353. The number of imidazole rings is 1. The molecule has 2 rings (SSSR count). The molecule has 1 aromatic rings. The average molecular weight is 209 g/mol. The third-order valence-electron chi connectivity index (χ3n) is 2.93. The Morgan fingerprint density at radius 1 is 1.53 bits per heavy atom. The van der Waals surface area contributed by atoms with E-state index in [2.05, 4.69) is 16.9 Å². The van der Waals surface area contributed by atoms with E-state index in [0.717, 1.165) is 25.9 Å². The molecule has 82 valence electrons. The van der Waals surface area contributed by atoms with E-state index < -0.39 is 5.97 Å². The van der Waals surface area contributed by atoms with Crippen molar-refractivity contribution in [3.05, 3.63) is 18.2 Å². The van der Waals surface area contributed by atoms with Gasteiger partial charge in [-0.2, -0.15) is 0 Å². The van der Waals surface area contributed by atoms with E-state index in [-0.39, 0.29) is 5.69 Å². The standard InChI is InChI=1S/C10H15N3O2/c1-12-4-2-8(3-5-12)13-6-9(10(14)15)11-7-13/h6-8H,2-5H2,1H3,(H,14,15). The number of carboxylic acid groups (broad SMARTS) is 1. The number of rotatable bonds is 2. The summed E-state index contributed by atoms with van der Waals surface area (Å²) in [7, 11) is 2.10. The summed E-state index contributed by atoms with van der Waals surface area (Å²) in [6, 6.07) is 0.404. The number of likely N-dealkylation sites (tertiary alicyclic amines) is 1. The van der Waals surface area contributed by atoms with Crippen LogP contribution in [0.2, 0.25) is 0 Å². The van der Waals surface area contributed by atoms with Crippen LogP contribution in [0.25, 0.3) is 0 Å². The SMILES string of the molecule is CN1CCC(n2cnc(C(=O)O)c2)CC1. The summed E-state index contributed by atoms with van der Waals surface area (Å²) in [5.74, 6) is -0.957. The van der Waals surface area contributed by atoms with Crippen LogP contribution in [0.5, 0.6) is 0 Å². The topological polar surface area (TPSA) is 58.4 Å². The van der Waals surface area contributed by atoms with Crippen LogP contribution in [-0.2, 0) is 0 Å². The fraction of sp³-hybridized carbons (Fsp3) is 0.600. The van der Waals surface area contributed by atoms with Gasteiger partial charge in [-0.3, -0.25) is 0 Å². The van der Waals surface area contributed by atoms with Gasteiger partial charge >= 0.3 is 5.97 Å². The second kappa shape index (κ2) is 4.02. The van der Waals surface area contributed by atoms with E-state index in [4.69, 9.17) is 5.11 Å². The number of aromatic nitrogens is 2. The van der Waals surface area contributed by atoms with Gasteiger partial charge < -0.3 is 14.6 Å². The third kappa shape index (κ3) is 2.18. The van der Waals surface area contributed by atoms with E-state index in [0.29, 0.717) is 6.04 Å². The van der Waals surface area contributed by atoms with Crippen molar-refractivity contribution in [2.45, 2.75) is 18.9 Å². The predicted molar refractivity (Wildman–Crippen MR) is 55.0 cm³/mol. The Kier molecular flexibility index (Phi) is 2.73. The number of piperidine rings is 1. The van der Waals surface area contributed by atoms with E-state index >= 15 is 0 Å². The zero-order valence-corrected chi connectivity index (χ0v) is 8.76. The Hall–Kier alpha value is -1.36. The quantitative estimate of drug-likeness (QED) is 0.784. The molecule has 1 fully saturated rings. The second-order valence-electron chi connectivity index (χ2n) is 4.05. The van der Waals surface area contributed by atoms with Crippen LogP contribution in [0.4, 0.5) is 0 Å². The maximum absolute atomic E-state index is 10.7. The molecule has 0 radical (unpaired) electrons. The zero-order valence-electron chi connectivity index (χ0n) is 8.76. The van der Waals surface area contributed by atoms with E-state index in [1.165, 1.54) is 0 Å². The van der Waals surface area contributed by atoms with Gasteiger partial charge in [-0.25, -0.2) is 9.78 Å². The Morgan fingerprint density at radius 3 is 2.73 bits per heavy atom. The first kappa shape index (κ1) is 10.2. The van der Waals surface area contributed by atoms with Gasteiger partial charge in [-0.1, -0.05) is 0 Å². The molecule has 15 heavy (non-hydrogen) atoms. The molecule has 1 N–H and O–H groups in total. The van der Waals surface area contributed by atoms with Crippen LogP contribution in [-0.4, -0.2) is 45.7 Å². The van der Waals surface area contributed by atoms with E-state index in [1.807, 2.05) is 4.57 Å². The molecular formula is C10H15N3O2. The highest BCUT2D eigenvalue weighted by Crippen LogP contribution is 2.21. The van der Waals surface area contributed by atoms with E-state index in [1.54, 1.807) is 12.5 Å². The minimum Gasteiger partial charge on any atom is -0.476 e. The number of aromatic carboxylic acids is 1. The second-order valence-corrected chi connectivity index (χ2v) is 4.05. The van der Waals surface area contributed by atoms with Crippen molar-refractivity contribution in [3.63, 3.8) is 0 Å². The van der Waals surface area contributed by atoms with Crippen molar-refractivity contribution in [1.29, 1.82) is 0 Å². The van der Waals surface area contributed by atoms with Crippen molar-refractivity contribution in [1.82, 2.24) is 14.5 Å². The number of hydrogen-bond donors (Lipinski definition) is 1. The largest absolute Gasteiger partial charge is 0.476 e. The molecule has 1 aliphatic heterocycles. The van der Waals surface area contributed by atoms with Crippen molar-refractivity contribution in [2.24, 2.45) is 0 Å². The van der Waals surface area contributed by atoms with Gasteiger partial charge in [0.15, 0.2) is 5.69 Å². The molecule has 0 atom stereocenters. The normalized spacial score (nSPS) is 19.3. The zero-order chi connectivity index (χ0) is 10.8. The van der Waals surface area contributed by atoms with Crippen LogP contribution >= 0.6 is 0 Å². The first-order chi connectivity index (χ1) is 7.16. The summed E-state index contributed by atoms with van der Waals surface area (Å²) in [4.78, 5) is 16.8. The molecule has 1 aromatic heterocycles. The molecule has 0 saturated carbocycles. The summed E-state index contributed by atoms with van der Waals surface area (Å²) in [6.07, 6.45) is 5.37. The molecule has 0 spiro atoms. The number of carboxylic acids is 1. The van der Waals surface area contributed by atoms with Crippen LogP contribution in [0.15, 0.2) is 12.5 Å². The summed E-state index contributed by atoms with van der Waals surface area (Å²) >= 11 is 0. The van der Waals surface area contributed by atoms with Gasteiger partial charge in [0.1, 0.15) is 0 Å². The maximum Gasteiger partial charge on any atom is 0.356 e. The molecule has 1 saturated heterocycles. The lowest BCUT2D eigenvalue weighted by molar-refractivity contribution is 0.0691. The van der Waals surface area contributed by atoms with Crippen molar-refractivity contribution in [2.75, 3.05) is 20.1 Å². The van der Waals surface area contributed by atoms with Crippen molar-refractivity contribution in [3.8, 4) is 0 Å². The highest BCUT2D eigenvalue weighted by Gasteiger charge is 2.19. The molecule has 0 bridgehead atoms. The Balaban J connectivity index is 2.06. The van der Waals surface area contributed by atoms with Crippen molar-refractivity contribution >= 4 is 5.97 Å². The monoisotopic (exact) mass is 209 g/mol. The van der Waals surface area contributed by atoms with Gasteiger partial charge in [0.25, 0.3) is 0 Å². The van der Waals surface area contributed by atoms with Gasteiger partial charge in [0.2, 0.25) is 0 Å². The molecule has 5 nitrogen and oxygen atoms in total. The summed E-state index contributed by atoms with van der Waals surface area (Å²) in [6.45, 7) is 2.12. The average Bonchev–Trinajstić information content (AvgIpc) is 2.68. The number of carbonyl (C=O) groups is 1. The minimum absolute atomic E-state index is 0.133.